The number of benzene rings is 1. The van der Waals surface area contributed by atoms with Crippen molar-refractivity contribution in [3.05, 3.63) is 29.3 Å². The summed E-state index contributed by atoms with van der Waals surface area (Å²) in [6.45, 7) is 2.60. The molecule has 0 unspecified atom stereocenters. The van der Waals surface area contributed by atoms with Crippen LogP contribution in [-0.2, 0) is 0 Å². The van der Waals surface area contributed by atoms with Gasteiger partial charge < -0.3 is 25.2 Å². The molecule has 0 aliphatic carbocycles. The number of nitrogens with zero attached hydrogens (tertiary/aromatic N) is 1. The number of aromatic carboxylic acids is 1. The Bertz CT molecular complexity index is 597. The van der Waals surface area contributed by atoms with E-state index in [1.807, 2.05) is 0 Å². The molecule has 1 saturated heterocycles. The number of aliphatic hydroxyl groups is 1. The standard InChI is InChI=1S/C18H26N2O5/c1-25-16-9-13(8-14(10-16)18(23)24)17(22)19-11-15(21)12-20-6-4-2-3-5-7-20/h8-10,15,21H,2-7,11-12H2,1H3,(H,19,22)(H,23,24)/t15-/m0/s1. The van der Waals surface area contributed by atoms with E-state index in [0.29, 0.717) is 12.3 Å². The van der Waals surface area contributed by atoms with Gasteiger partial charge in [0.15, 0.2) is 0 Å². The molecule has 0 aromatic heterocycles. The quantitative estimate of drug-likeness (QED) is 0.687. The molecule has 0 saturated carbocycles. The number of aliphatic hydroxyl groups excluding tert-OH is 1. The molecule has 1 heterocycles. The van der Waals surface area contributed by atoms with Gasteiger partial charge in [-0.2, -0.15) is 0 Å². The molecule has 1 aromatic carbocycles. The molecule has 1 aliphatic rings. The van der Waals surface area contributed by atoms with Gasteiger partial charge in [-0.05, 0) is 44.1 Å². The fourth-order valence-electron chi connectivity index (χ4n) is 2.97. The van der Waals surface area contributed by atoms with E-state index in [0.717, 1.165) is 25.9 Å². The summed E-state index contributed by atoms with van der Waals surface area (Å²) in [5, 5.41) is 21.9. The van der Waals surface area contributed by atoms with Gasteiger partial charge in [-0.3, -0.25) is 4.79 Å². The van der Waals surface area contributed by atoms with Gasteiger partial charge in [-0.1, -0.05) is 12.8 Å². The van der Waals surface area contributed by atoms with Crippen LogP contribution >= 0.6 is 0 Å². The average molecular weight is 350 g/mol. The molecule has 1 fully saturated rings. The zero-order valence-electron chi connectivity index (χ0n) is 14.5. The van der Waals surface area contributed by atoms with E-state index in [4.69, 9.17) is 9.84 Å². The molecule has 0 radical (unpaired) electrons. The Kier molecular flexibility index (Phi) is 7.21. The van der Waals surface area contributed by atoms with Crippen molar-refractivity contribution in [3.63, 3.8) is 0 Å². The minimum absolute atomic E-state index is 0.0189. The maximum absolute atomic E-state index is 12.3. The largest absolute Gasteiger partial charge is 0.497 e. The number of likely N-dealkylation sites (tertiary alicyclic amines) is 1. The maximum atomic E-state index is 12.3. The first-order chi connectivity index (χ1) is 12.0. The summed E-state index contributed by atoms with van der Waals surface area (Å²) >= 11 is 0. The number of carbonyl (C=O) groups excluding carboxylic acids is 1. The number of carboxylic acids is 1. The van der Waals surface area contributed by atoms with Crippen molar-refractivity contribution in [1.82, 2.24) is 10.2 Å². The summed E-state index contributed by atoms with van der Waals surface area (Å²) in [5.41, 5.74) is 0.174. The molecule has 3 N–H and O–H groups in total. The number of hydrogen-bond donors (Lipinski definition) is 3. The first-order valence-corrected chi connectivity index (χ1v) is 8.60. The SMILES string of the molecule is COc1cc(C(=O)O)cc(C(=O)NC[C@H](O)CN2CCCCCC2)c1. The van der Waals surface area contributed by atoms with Crippen molar-refractivity contribution >= 4 is 11.9 Å². The third-order valence-electron chi connectivity index (χ3n) is 4.32. The summed E-state index contributed by atoms with van der Waals surface area (Å²) in [5.74, 6) is -1.26. The second-order valence-corrected chi connectivity index (χ2v) is 6.33. The lowest BCUT2D eigenvalue weighted by atomic mass is 10.1. The van der Waals surface area contributed by atoms with Crippen molar-refractivity contribution in [3.8, 4) is 5.75 Å². The summed E-state index contributed by atoms with van der Waals surface area (Å²) in [7, 11) is 1.41. The van der Waals surface area contributed by atoms with E-state index in [-0.39, 0.29) is 17.7 Å². The van der Waals surface area contributed by atoms with E-state index in [1.165, 1.54) is 38.2 Å². The highest BCUT2D eigenvalue weighted by Gasteiger charge is 2.16. The first-order valence-electron chi connectivity index (χ1n) is 8.60. The zero-order chi connectivity index (χ0) is 18.2. The second kappa shape index (κ2) is 9.39. The van der Waals surface area contributed by atoms with Crippen LogP contribution in [0.2, 0.25) is 0 Å². The lowest BCUT2D eigenvalue weighted by Gasteiger charge is -2.23. The maximum Gasteiger partial charge on any atom is 0.335 e. The van der Waals surface area contributed by atoms with Crippen molar-refractivity contribution in [1.29, 1.82) is 0 Å². The normalized spacial score (nSPS) is 16.7. The van der Waals surface area contributed by atoms with Crippen molar-refractivity contribution in [2.75, 3.05) is 33.3 Å². The number of hydrogen-bond acceptors (Lipinski definition) is 5. The van der Waals surface area contributed by atoms with Gasteiger partial charge in [0.1, 0.15) is 5.75 Å². The van der Waals surface area contributed by atoms with Crippen LogP contribution in [0.1, 0.15) is 46.4 Å². The minimum Gasteiger partial charge on any atom is -0.497 e. The minimum atomic E-state index is -1.13. The monoisotopic (exact) mass is 350 g/mol. The number of carboxylic acid groups (broad SMARTS) is 1. The molecule has 1 amide bonds. The first kappa shape index (κ1) is 19.2. The molecular weight excluding hydrogens is 324 g/mol. The summed E-state index contributed by atoms with van der Waals surface area (Å²) in [4.78, 5) is 25.6. The van der Waals surface area contributed by atoms with Gasteiger partial charge in [0.05, 0.1) is 18.8 Å². The van der Waals surface area contributed by atoms with Crippen LogP contribution < -0.4 is 10.1 Å². The number of nitrogens with one attached hydrogen (secondary N) is 1. The highest BCUT2D eigenvalue weighted by molar-refractivity contribution is 5.98. The molecule has 0 bridgehead atoms. The highest BCUT2D eigenvalue weighted by Crippen LogP contribution is 2.17. The van der Waals surface area contributed by atoms with Crippen molar-refractivity contribution in [2.45, 2.75) is 31.8 Å². The van der Waals surface area contributed by atoms with Crippen LogP contribution in [0.25, 0.3) is 0 Å². The molecule has 1 aliphatic heterocycles. The number of rotatable bonds is 7. The number of methoxy groups -OCH3 is 1. The van der Waals surface area contributed by atoms with Gasteiger partial charge in [-0.25, -0.2) is 4.79 Å². The fourth-order valence-corrected chi connectivity index (χ4v) is 2.97. The van der Waals surface area contributed by atoms with Gasteiger partial charge >= 0.3 is 5.97 Å². The van der Waals surface area contributed by atoms with Crippen molar-refractivity contribution in [2.24, 2.45) is 0 Å². The number of ether oxygens (including phenoxy) is 1. The molecule has 25 heavy (non-hydrogen) atoms. The third kappa shape index (κ3) is 6.03. The Morgan fingerprint density at radius 2 is 1.80 bits per heavy atom. The lowest BCUT2D eigenvalue weighted by molar-refractivity contribution is 0.0696. The summed E-state index contributed by atoms with van der Waals surface area (Å²) in [6.07, 6.45) is 4.07. The number of carbonyl (C=O) groups is 2. The topological polar surface area (TPSA) is 99.1 Å². The van der Waals surface area contributed by atoms with Crippen LogP contribution in [-0.4, -0.2) is 66.4 Å². The molecular formula is C18H26N2O5. The highest BCUT2D eigenvalue weighted by atomic mass is 16.5. The van der Waals surface area contributed by atoms with E-state index in [9.17, 15) is 14.7 Å². The van der Waals surface area contributed by atoms with E-state index < -0.39 is 18.0 Å². The Balaban J connectivity index is 1.90. The molecule has 0 spiro atoms. The Hall–Kier alpha value is -2.12. The predicted octanol–water partition coefficient (Wildman–Crippen LogP) is 1.36. The molecule has 1 aromatic rings. The van der Waals surface area contributed by atoms with Gasteiger partial charge in [0.2, 0.25) is 0 Å². The summed E-state index contributed by atoms with van der Waals surface area (Å²) in [6, 6.07) is 4.12. The Morgan fingerprint density at radius 3 is 2.40 bits per heavy atom. The fraction of sp³-hybridized carbons (Fsp3) is 0.556. The van der Waals surface area contributed by atoms with Crippen LogP contribution in [0.5, 0.6) is 5.75 Å². The zero-order valence-corrected chi connectivity index (χ0v) is 14.5. The molecule has 138 valence electrons. The summed E-state index contributed by atoms with van der Waals surface area (Å²) < 4.78 is 5.03. The molecule has 7 heteroatoms. The average Bonchev–Trinajstić information content (AvgIpc) is 2.87. The Labute approximate surface area is 147 Å². The second-order valence-electron chi connectivity index (χ2n) is 6.33. The third-order valence-corrected chi connectivity index (χ3v) is 4.32. The van der Waals surface area contributed by atoms with Crippen LogP contribution in [0.4, 0.5) is 0 Å². The van der Waals surface area contributed by atoms with E-state index >= 15 is 0 Å². The van der Waals surface area contributed by atoms with E-state index in [1.54, 1.807) is 0 Å². The van der Waals surface area contributed by atoms with Crippen LogP contribution in [0.15, 0.2) is 18.2 Å². The van der Waals surface area contributed by atoms with Gasteiger partial charge in [-0.15, -0.1) is 0 Å². The molecule has 1 atom stereocenters. The van der Waals surface area contributed by atoms with E-state index in [2.05, 4.69) is 10.2 Å². The van der Waals surface area contributed by atoms with Gasteiger partial charge in [0.25, 0.3) is 5.91 Å². The van der Waals surface area contributed by atoms with Crippen molar-refractivity contribution < 1.29 is 24.5 Å². The molecule has 2 rings (SSSR count). The van der Waals surface area contributed by atoms with Crippen LogP contribution in [0, 0.1) is 0 Å². The smallest absolute Gasteiger partial charge is 0.335 e. The van der Waals surface area contributed by atoms with Gasteiger partial charge in [0, 0.05) is 18.7 Å². The van der Waals surface area contributed by atoms with Crippen LogP contribution in [0.3, 0.4) is 0 Å². The number of β-amino-alcohol motifs (C(OH)–C–C–N with tert-alkyl or cyclic N) is 1. The lowest BCUT2D eigenvalue weighted by Crippen LogP contribution is -2.40. The number of amides is 1. The predicted molar refractivity (Wildman–Crippen MR) is 93.2 cm³/mol. The molecule has 7 nitrogen and oxygen atoms in total. The Morgan fingerprint density at radius 1 is 1.16 bits per heavy atom.